The summed E-state index contributed by atoms with van der Waals surface area (Å²) < 4.78 is 253. The van der Waals surface area contributed by atoms with Gasteiger partial charge in [-0.15, -0.1) is 0 Å². The lowest BCUT2D eigenvalue weighted by molar-refractivity contribution is -0.129. The van der Waals surface area contributed by atoms with Gasteiger partial charge in [0, 0.05) is 52.9 Å². The average molecular weight is 1710 g/mol. The molecule has 8 unspecified atom stereocenters. The molecule has 0 aliphatic carbocycles. The van der Waals surface area contributed by atoms with Crippen molar-refractivity contribution >= 4 is 139 Å². The summed E-state index contributed by atoms with van der Waals surface area (Å²) in [5.74, 6) is 0. The van der Waals surface area contributed by atoms with E-state index < -0.39 is 139 Å². The fraction of sp³-hybridized carbons (Fsp3) is 1.00. The number of hydrogen-bond acceptors (Lipinski definition) is 36. The van der Waals surface area contributed by atoms with Crippen LogP contribution in [0.3, 0.4) is 0 Å². The van der Waals surface area contributed by atoms with Gasteiger partial charge >= 0.3 is 72.4 Å². The van der Waals surface area contributed by atoms with E-state index in [2.05, 4.69) is 0 Å². The summed E-state index contributed by atoms with van der Waals surface area (Å²) in [4.78, 5) is 0. The maximum atomic E-state index is 8.04. The van der Waals surface area contributed by atoms with Crippen molar-refractivity contribution < 1.29 is 158 Å². The van der Waals surface area contributed by atoms with E-state index in [1.807, 2.05) is 105 Å². The van der Waals surface area contributed by atoms with Crippen molar-refractivity contribution in [1.82, 2.24) is 0 Å². The minimum Gasteiger partial charge on any atom is -0.395 e. The van der Waals surface area contributed by atoms with Crippen molar-refractivity contribution in [1.29, 1.82) is 0 Å². The van der Waals surface area contributed by atoms with E-state index in [9.17, 15) is 0 Å². The Kier molecular flexibility index (Phi) is 24.4. The zero-order chi connectivity index (χ0) is 71.0. The molecule has 0 aromatic heterocycles. The molecule has 0 radical (unpaired) electrons. The SMILES string of the molecule is C[Si](C)(CCOC1CO1)O[Si]12O[Si]3(O[Si](C)(C)CCOC4CO4)O[Si]4(O[Si](C)(C)CCOC5CO5)O[Si](O[Si](C)(C)CCOC5CO5)(O1)O[Si]1(O[Si](C)(C)CCOC5CO5)O[Si](O[Si](C)(C)CCOC5CO5)(O2)O[Si](O[Si](C)(C)CCOC2CO2)(O3)O[Si](O[Si](C)(C)CCOC2CO2)(O4)O1. The molecule has 0 amide bonds. The first-order chi connectivity index (χ1) is 46.8. The molecule has 0 aromatic rings. The molecule has 14 aliphatic heterocycles. The molecule has 0 saturated carbocycles. The quantitative estimate of drug-likeness (QED) is 0.0598. The van der Waals surface area contributed by atoms with E-state index in [1.165, 1.54) is 0 Å². The molecule has 14 saturated heterocycles. The van der Waals surface area contributed by atoms with Gasteiger partial charge in [-0.2, -0.15) is 0 Å². The molecular weight excluding hydrogens is 1600 g/mol. The van der Waals surface area contributed by atoms with Crippen LogP contribution < -0.4 is 0 Å². The Bertz CT molecular complexity index is 2160. The summed E-state index contributed by atoms with van der Waals surface area (Å²) in [6.45, 7) is 36.5. The van der Waals surface area contributed by atoms with Gasteiger partial charge in [-0.05, 0) is 153 Å². The Morgan fingerprint density at radius 3 is 0.360 bits per heavy atom. The fourth-order valence-corrected chi connectivity index (χ4v) is 81.0. The summed E-state index contributed by atoms with van der Waals surface area (Å²) in [7, 11) is -72.7. The van der Waals surface area contributed by atoms with Gasteiger partial charge in [0.2, 0.25) is 0 Å². The molecule has 8 bridgehead atoms. The Labute approximate surface area is 602 Å². The second kappa shape index (κ2) is 30.5. The van der Waals surface area contributed by atoms with Crippen molar-refractivity contribution in [3.63, 3.8) is 0 Å². The molecular formula is C48H104O36Si16. The highest BCUT2D eigenvalue weighted by Crippen LogP contribution is 2.54. The monoisotopic (exact) mass is 1700 g/mol. The predicted octanol–water partition coefficient (Wildman–Crippen LogP) is 4.50. The van der Waals surface area contributed by atoms with Crippen molar-refractivity contribution in [2.24, 2.45) is 0 Å². The van der Waals surface area contributed by atoms with Gasteiger partial charge in [0.1, 0.15) is 52.9 Å². The molecule has 14 aliphatic rings. The third kappa shape index (κ3) is 24.0. The first-order valence-corrected chi connectivity index (χ1v) is 72.6. The predicted molar refractivity (Wildman–Crippen MR) is 372 cm³/mol. The Hall–Kier alpha value is 2.03. The highest BCUT2D eigenvalue weighted by atomic mass is 28.7. The lowest BCUT2D eigenvalue weighted by Gasteiger charge is -2.61. The van der Waals surface area contributed by atoms with E-state index in [4.69, 9.17) is 158 Å². The van der Waals surface area contributed by atoms with E-state index in [-0.39, 0.29) is 103 Å². The molecule has 0 aromatic carbocycles. The van der Waals surface area contributed by atoms with Crippen LogP contribution in [0.4, 0.5) is 0 Å². The molecule has 14 heterocycles. The van der Waals surface area contributed by atoms with Crippen LogP contribution in [0, 0.1) is 0 Å². The van der Waals surface area contributed by atoms with Crippen LogP contribution in [0.2, 0.25) is 153 Å². The average Bonchev–Trinajstić information content (AvgIpc) is 1.10. The van der Waals surface area contributed by atoms with Gasteiger partial charge in [-0.3, -0.25) is 0 Å². The fourth-order valence-electron chi connectivity index (χ4n) is 10.5. The summed E-state index contributed by atoms with van der Waals surface area (Å²) in [6.07, 6.45) is -3.12. The van der Waals surface area contributed by atoms with Crippen LogP contribution in [0.1, 0.15) is 0 Å². The van der Waals surface area contributed by atoms with Crippen LogP contribution >= 0.6 is 0 Å². The third-order valence-corrected chi connectivity index (χ3v) is 77.6. The second-order valence-electron chi connectivity index (χ2n) is 31.2. The third-order valence-electron chi connectivity index (χ3n) is 16.7. The van der Waals surface area contributed by atoms with Crippen molar-refractivity contribution in [2.45, 2.75) is 203 Å². The second-order valence-corrected chi connectivity index (χ2v) is 87.7. The molecule has 52 heteroatoms. The van der Waals surface area contributed by atoms with E-state index in [0.717, 1.165) is 0 Å². The van der Waals surface area contributed by atoms with Gasteiger partial charge in [-0.25, -0.2) is 0 Å². The molecule has 0 N–H and O–H groups in total. The number of hydrogen-bond donors (Lipinski definition) is 0. The smallest absolute Gasteiger partial charge is 0.395 e. The summed E-state index contributed by atoms with van der Waals surface area (Å²) in [5.41, 5.74) is 0. The van der Waals surface area contributed by atoms with Crippen LogP contribution in [-0.4, -0.2) is 295 Å². The van der Waals surface area contributed by atoms with Crippen LogP contribution in [0.15, 0.2) is 0 Å². The van der Waals surface area contributed by atoms with E-state index in [1.54, 1.807) is 0 Å². The van der Waals surface area contributed by atoms with Crippen molar-refractivity contribution in [3.05, 3.63) is 0 Å². The molecule has 36 nitrogen and oxygen atoms in total. The van der Waals surface area contributed by atoms with Gasteiger partial charge < -0.3 is 158 Å². The van der Waals surface area contributed by atoms with Crippen molar-refractivity contribution in [2.75, 3.05) is 106 Å². The molecule has 8 atom stereocenters. The van der Waals surface area contributed by atoms with Gasteiger partial charge in [0.05, 0.1) is 0 Å². The maximum Gasteiger partial charge on any atom is 0.651 e. The topological polar surface area (TPSA) is 359 Å². The lowest BCUT2D eigenvalue weighted by atomic mass is 10.8. The normalized spacial score (nSPS) is 38.9. The number of rotatable bonds is 48. The molecule has 576 valence electrons. The molecule has 100 heavy (non-hydrogen) atoms. The number of ether oxygens (including phenoxy) is 16. The summed E-state index contributed by atoms with van der Waals surface area (Å²) >= 11 is 0. The largest absolute Gasteiger partial charge is 0.651 e. The van der Waals surface area contributed by atoms with Gasteiger partial charge in [0.25, 0.3) is 0 Å². The van der Waals surface area contributed by atoms with Crippen LogP contribution in [-0.2, 0) is 158 Å². The van der Waals surface area contributed by atoms with Crippen LogP contribution in [0.25, 0.3) is 0 Å². The Morgan fingerprint density at radius 1 is 0.190 bits per heavy atom. The molecule has 14 rings (SSSR count). The highest BCUT2D eigenvalue weighted by molar-refractivity contribution is 7.04. The molecule has 0 spiro atoms. The number of epoxide rings is 8. The summed E-state index contributed by atoms with van der Waals surface area (Å²) in [6, 6.07) is 2.49. The maximum absolute atomic E-state index is 8.04. The van der Waals surface area contributed by atoms with Crippen molar-refractivity contribution in [3.8, 4) is 0 Å². The Balaban J connectivity index is 1.06. The standard InChI is InChI=1S/C48H104O36Si16/c1-85(2,25-17-49-41-33-57-41)65-93-73-94(66-86(3,4)26-18-50-42-34-58-42)76-97(69-89(9,10)29-21-53-45-37-61-45)78-95(74-93,67-87(5,6)27-19-51-43-35-59-43)80-99(71-91(13,14)31-23-55-47-39-63-47)81-96(75-93,68-88(7,8)28-20-52-44-36-60-44)79-98(77-94,70-90(11,12)30-22-54-46-38-62-46)83-100(82-97,84-99)72-92(15,16)32-24-56-48-40-64-48/h41-48H,17-40H2,1-16H3. The first kappa shape index (κ1) is 80.1. The van der Waals surface area contributed by atoms with E-state index >= 15 is 0 Å². The molecule has 14 fully saturated rings. The summed E-state index contributed by atoms with van der Waals surface area (Å²) in [5, 5.41) is 0. The zero-order valence-electron chi connectivity index (χ0n) is 60.3. The minimum absolute atomic E-state index is 0.196. The van der Waals surface area contributed by atoms with Crippen LogP contribution in [0.5, 0.6) is 0 Å². The highest BCUT2D eigenvalue weighted by Gasteiger charge is 2.93. The van der Waals surface area contributed by atoms with E-state index in [0.29, 0.717) is 101 Å². The first-order valence-electron chi connectivity index (χ1n) is 34.6. The van der Waals surface area contributed by atoms with Gasteiger partial charge in [-0.1, -0.05) is 0 Å². The Morgan fingerprint density at radius 2 is 0.280 bits per heavy atom. The van der Waals surface area contributed by atoms with Gasteiger partial charge in [0.15, 0.2) is 117 Å². The zero-order valence-corrected chi connectivity index (χ0v) is 76.3. The minimum atomic E-state index is -5.64. The lowest BCUT2D eigenvalue weighted by Crippen LogP contribution is -2.93.